The summed E-state index contributed by atoms with van der Waals surface area (Å²) in [5, 5.41) is 3.17. The summed E-state index contributed by atoms with van der Waals surface area (Å²) in [5.41, 5.74) is -0.819. The van der Waals surface area contributed by atoms with Crippen molar-refractivity contribution in [3.05, 3.63) is 22.8 Å². The van der Waals surface area contributed by atoms with E-state index in [4.69, 9.17) is 11.6 Å². The van der Waals surface area contributed by atoms with Crippen molar-refractivity contribution in [2.45, 2.75) is 18.6 Å². The van der Waals surface area contributed by atoms with Gasteiger partial charge in [0.15, 0.2) is 0 Å². The van der Waals surface area contributed by atoms with Crippen LogP contribution < -0.4 is 10.2 Å². The van der Waals surface area contributed by atoms with E-state index in [1.165, 1.54) is 0 Å². The number of anilines is 1. The lowest BCUT2D eigenvalue weighted by Crippen LogP contribution is -2.30. The number of halogens is 4. The Labute approximate surface area is 108 Å². The first-order valence-corrected chi connectivity index (χ1v) is 5.94. The fourth-order valence-corrected chi connectivity index (χ4v) is 2.29. The van der Waals surface area contributed by atoms with Crippen molar-refractivity contribution in [2.75, 3.05) is 25.0 Å². The zero-order valence-electron chi connectivity index (χ0n) is 9.76. The lowest BCUT2D eigenvalue weighted by Gasteiger charge is -2.19. The van der Waals surface area contributed by atoms with Crippen LogP contribution in [0.25, 0.3) is 0 Å². The molecule has 0 saturated carbocycles. The molecular weight excluding hydrogens is 267 g/mol. The Morgan fingerprint density at radius 3 is 2.72 bits per heavy atom. The second-order valence-corrected chi connectivity index (χ2v) is 4.65. The maximum atomic E-state index is 12.5. The molecule has 0 aliphatic carbocycles. The number of nitrogens with zero attached hydrogens (tertiary/aromatic N) is 2. The number of nitrogens with one attached hydrogen (secondary N) is 1. The molecular formula is C11H13ClF3N3. The second kappa shape index (κ2) is 4.93. The Balaban J connectivity index is 2.21. The topological polar surface area (TPSA) is 28.2 Å². The first-order chi connectivity index (χ1) is 8.41. The molecule has 1 aliphatic heterocycles. The first kappa shape index (κ1) is 13.4. The van der Waals surface area contributed by atoms with Crippen molar-refractivity contribution in [1.82, 2.24) is 10.3 Å². The summed E-state index contributed by atoms with van der Waals surface area (Å²) >= 11 is 5.88. The number of pyridine rings is 1. The number of alkyl halides is 3. The van der Waals surface area contributed by atoms with E-state index in [1.807, 2.05) is 11.9 Å². The summed E-state index contributed by atoms with van der Waals surface area (Å²) in [6.07, 6.45) is -2.66. The normalized spacial score (nSPS) is 20.5. The third-order valence-corrected chi connectivity index (χ3v) is 3.32. The van der Waals surface area contributed by atoms with E-state index in [-0.39, 0.29) is 5.02 Å². The van der Waals surface area contributed by atoms with Gasteiger partial charge in [0.1, 0.15) is 5.82 Å². The predicted octanol–water partition coefficient (Wildman–Crippen LogP) is 2.55. The SMILES string of the molecule is CNC1CCN(c2ncc(C(F)(F)F)cc2Cl)C1. The molecule has 7 heteroatoms. The van der Waals surface area contributed by atoms with Crippen molar-refractivity contribution >= 4 is 17.4 Å². The molecule has 0 spiro atoms. The molecule has 1 atom stereocenters. The van der Waals surface area contributed by atoms with Gasteiger partial charge in [0, 0.05) is 25.3 Å². The summed E-state index contributed by atoms with van der Waals surface area (Å²) < 4.78 is 37.4. The summed E-state index contributed by atoms with van der Waals surface area (Å²) in [7, 11) is 1.86. The molecule has 3 nitrogen and oxygen atoms in total. The van der Waals surface area contributed by atoms with Crippen LogP contribution in [0.4, 0.5) is 19.0 Å². The number of rotatable bonds is 2. The van der Waals surface area contributed by atoms with Crippen LogP contribution in [-0.2, 0) is 6.18 Å². The fraction of sp³-hybridized carbons (Fsp3) is 0.545. The average Bonchev–Trinajstić information content (AvgIpc) is 2.76. The van der Waals surface area contributed by atoms with E-state index in [0.29, 0.717) is 18.4 Å². The van der Waals surface area contributed by atoms with Crippen LogP contribution in [-0.4, -0.2) is 31.2 Å². The van der Waals surface area contributed by atoms with Gasteiger partial charge in [0.25, 0.3) is 0 Å². The molecule has 1 aliphatic rings. The predicted molar refractivity (Wildman–Crippen MR) is 63.9 cm³/mol. The minimum absolute atomic E-state index is 0.0431. The molecule has 1 aromatic heterocycles. The Morgan fingerprint density at radius 1 is 1.50 bits per heavy atom. The van der Waals surface area contributed by atoms with E-state index in [9.17, 15) is 13.2 Å². The average molecular weight is 280 g/mol. The first-order valence-electron chi connectivity index (χ1n) is 5.56. The Hall–Kier alpha value is -1.01. The highest BCUT2D eigenvalue weighted by Gasteiger charge is 2.32. The van der Waals surface area contributed by atoms with E-state index >= 15 is 0 Å². The minimum atomic E-state index is -4.41. The van der Waals surface area contributed by atoms with E-state index in [0.717, 1.165) is 25.2 Å². The summed E-state index contributed by atoms with van der Waals surface area (Å²) in [6, 6.07) is 1.25. The quantitative estimate of drug-likeness (QED) is 0.902. The van der Waals surface area contributed by atoms with Gasteiger partial charge in [0.05, 0.1) is 10.6 Å². The van der Waals surface area contributed by atoms with Crippen molar-refractivity contribution in [1.29, 1.82) is 0 Å². The zero-order chi connectivity index (χ0) is 13.3. The second-order valence-electron chi connectivity index (χ2n) is 4.25. The van der Waals surface area contributed by atoms with Crippen LogP contribution in [0, 0.1) is 0 Å². The van der Waals surface area contributed by atoms with E-state index < -0.39 is 11.7 Å². The molecule has 0 bridgehead atoms. The standard InChI is InChI=1S/C11H13ClF3N3/c1-16-8-2-3-18(6-8)10-9(12)4-7(5-17-10)11(13,14)15/h4-5,8,16H,2-3,6H2,1H3. The molecule has 0 amide bonds. The number of hydrogen-bond donors (Lipinski definition) is 1. The van der Waals surface area contributed by atoms with Crippen molar-refractivity contribution in [3.63, 3.8) is 0 Å². The maximum Gasteiger partial charge on any atom is 0.417 e. The molecule has 1 unspecified atom stereocenters. The molecule has 2 rings (SSSR count). The van der Waals surface area contributed by atoms with Gasteiger partial charge < -0.3 is 10.2 Å². The fourth-order valence-electron chi connectivity index (χ4n) is 2.01. The Morgan fingerprint density at radius 2 is 2.22 bits per heavy atom. The highest BCUT2D eigenvalue weighted by molar-refractivity contribution is 6.33. The minimum Gasteiger partial charge on any atom is -0.354 e. The maximum absolute atomic E-state index is 12.5. The number of hydrogen-bond acceptors (Lipinski definition) is 3. The van der Waals surface area contributed by atoms with Gasteiger partial charge in [-0.15, -0.1) is 0 Å². The summed E-state index contributed by atoms with van der Waals surface area (Å²) in [6.45, 7) is 1.44. The van der Waals surface area contributed by atoms with Gasteiger partial charge in [-0.05, 0) is 19.5 Å². The molecule has 1 N–H and O–H groups in total. The molecule has 18 heavy (non-hydrogen) atoms. The van der Waals surface area contributed by atoms with E-state index in [1.54, 1.807) is 0 Å². The van der Waals surface area contributed by atoms with Crippen LogP contribution in [0.5, 0.6) is 0 Å². The number of aromatic nitrogens is 1. The molecule has 0 radical (unpaired) electrons. The highest BCUT2D eigenvalue weighted by atomic mass is 35.5. The van der Waals surface area contributed by atoms with Crippen LogP contribution in [0.1, 0.15) is 12.0 Å². The van der Waals surface area contributed by atoms with Gasteiger partial charge in [0.2, 0.25) is 0 Å². The molecule has 1 saturated heterocycles. The van der Waals surface area contributed by atoms with Gasteiger partial charge in [-0.3, -0.25) is 0 Å². The van der Waals surface area contributed by atoms with Gasteiger partial charge >= 0.3 is 6.18 Å². The number of likely N-dealkylation sites (N-methyl/N-ethyl adjacent to an activating group) is 1. The van der Waals surface area contributed by atoms with Gasteiger partial charge in [-0.1, -0.05) is 11.6 Å². The lowest BCUT2D eigenvalue weighted by molar-refractivity contribution is -0.137. The van der Waals surface area contributed by atoms with Crippen LogP contribution in [0.3, 0.4) is 0 Å². The Kier molecular flexibility index (Phi) is 3.68. The van der Waals surface area contributed by atoms with Crippen molar-refractivity contribution < 1.29 is 13.2 Å². The molecule has 2 heterocycles. The summed E-state index contributed by atoms with van der Waals surface area (Å²) in [5.74, 6) is 0.419. The largest absolute Gasteiger partial charge is 0.417 e. The highest BCUT2D eigenvalue weighted by Crippen LogP contribution is 2.34. The third kappa shape index (κ3) is 2.70. The zero-order valence-corrected chi connectivity index (χ0v) is 10.5. The molecule has 1 aromatic rings. The summed E-state index contributed by atoms with van der Waals surface area (Å²) in [4.78, 5) is 5.73. The lowest BCUT2D eigenvalue weighted by atomic mass is 10.2. The smallest absolute Gasteiger partial charge is 0.354 e. The van der Waals surface area contributed by atoms with Crippen LogP contribution in [0.15, 0.2) is 12.3 Å². The third-order valence-electron chi connectivity index (χ3n) is 3.05. The Bertz CT molecular complexity index is 436. The van der Waals surface area contributed by atoms with Crippen molar-refractivity contribution in [3.8, 4) is 0 Å². The van der Waals surface area contributed by atoms with Gasteiger partial charge in [-0.25, -0.2) is 4.98 Å². The van der Waals surface area contributed by atoms with Crippen molar-refractivity contribution in [2.24, 2.45) is 0 Å². The van der Waals surface area contributed by atoms with Crippen LogP contribution in [0.2, 0.25) is 5.02 Å². The van der Waals surface area contributed by atoms with Gasteiger partial charge in [-0.2, -0.15) is 13.2 Å². The van der Waals surface area contributed by atoms with E-state index in [2.05, 4.69) is 10.3 Å². The molecule has 1 fully saturated rings. The monoisotopic (exact) mass is 279 g/mol. The van der Waals surface area contributed by atoms with Crippen LogP contribution >= 0.6 is 11.6 Å². The molecule has 100 valence electrons. The molecule has 0 aromatic carbocycles.